The highest BCUT2D eigenvalue weighted by Crippen LogP contribution is 2.44. The van der Waals surface area contributed by atoms with Crippen LogP contribution in [0.15, 0.2) is 48.5 Å². The molecular formula is C25H30N2O7S. The van der Waals surface area contributed by atoms with Gasteiger partial charge in [-0.15, -0.1) is 0 Å². The lowest BCUT2D eigenvalue weighted by Crippen LogP contribution is -2.54. The molecule has 2 aromatic rings. The van der Waals surface area contributed by atoms with E-state index in [0.29, 0.717) is 0 Å². The van der Waals surface area contributed by atoms with Crippen molar-refractivity contribution in [2.75, 3.05) is 18.6 Å². The fraction of sp³-hybridized carbons (Fsp3) is 0.400. The van der Waals surface area contributed by atoms with E-state index in [9.17, 15) is 27.9 Å². The summed E-state index contributed by atoms with van der Waals surface area (Å²) in [4.78, 5) is 36.9. The average molecular weight is 503 g/mol. The molecule has 1 unspecified atom stereocenters. The normalized spacial score (nSPS) is 14.5. The molecule has 0 saturated heterocycles. The van der Waals surface area contributed by atoms with Gasteiger partial charge >= 0.3 is 12.1 Å². The van der Waals surface area contributed by atoms with E-state index in [1.165, 1.54) is 0 Å². The van der Waals surface area contributed by atoms with E-state index < -0.39 is 45.6 Å². The summed E-state index contributed by atoms with van der Waals surface area (Å²) in [7, 11) is -3.41. The summed E-state index contributed by atoms with van der Waals surface area (Å²) >= 11 is 0. The summed E-state index contributed by atoms with van der Waals surface area (Å²) in [6, 6.07) is 13.3. The molecule has 9 nitrogen and oxygen atoms in total. The van der Waals surface area contributed by atoms with Crippen molar-refractivity contribution in [1.29, 1.82) is 0 Å². The molecule has 0 aliphatic heterocycles. The lowest BCUT2D eigenvalue weighted by atomic mass is 9.98. The molecule has 2 amide bonds. The number of aliphatic carboxylic acids is 1. The van der Waals surface area contributed by atoms with Crippen molar-refractivity contribution in [3.63, 3.8) is 0 Å². The quantitative estimate of drug-likeness (QED) is 0.454. The predicted octanol–water partition coefficient (Wildman–Crippen LogP) is 2.55. The first-order valence-electron chi connectivity index (χ1n) is 11.3. The first-order valence-corrected chi connectivity index (χ1v) is 13.4. The van der Waals surface area contributed by atoms with Crippen molar-refractivity contribution in [1.82, 2.24) is 10.6 Å². The number of hydrogen-bond acceptors (Lipinski definition) is 6. The fourth-order valence-electron chi connectivity index (χ4n) is 4.15. The molecule has 0 spiro atoms. The first-order chi connectivity index (χ1) is 16.5. The lowest BCUT2D eigenvalue weighted by Gasteiger charge is -2.24. The fourth-order valence-corrected chi connectivity index (χ4v) is 4.82. The number of amides is 2. The zero-order valence-electron chi connectivity index (χ0n) is 19.9. The molecule has 188 valence electrons. The van der Waals surface area contributed by atoms with Crippen LogP contribution in [0.3, 0.4) is 0 Å². The SMILES string of the molecule is CC(C)[C@H](NC(=O)OCC1c2ccccc2-c2ccccc21)C(=O)NC(CCS(C)(=O)=O)C(=O)O. The summed E-state index contributed by atoms with van der Waals surface area (Å²) in [6.45, 7) is 3.46. The van der Waals surface area contributed by atoms with E-state index in [0.717, 1.165) is 28.5 Å². The second-order valence-corrected chi connectivity index (χ2v) is 11.3. The average Bonchev–Trinajstić information content (AvgIpc) is 3.11. The third kappa shape index (κ3) is 6.60. The van der Waals surface area contributed by atoms with E-state index in [4.69, 9.17) is 4.74 Å². The Morgan fingerprint density at radius 1 is 0.971 bits per heavy atom. The maximum atomic E-state index is 12.8. The molecule has 10 heteroatoms. The minimum absolute atomic E-state index is 0.0679. The van der Waals surface area contributed by atoms with Gasteiger partial charge in [0.05, 0.1) is 5.75 Å². The lowest BCUT2D eigenvalue weighted by molar-refractivity contribution is -0.142. The van der Waals surface area contributed by atoms with Gasteiger partial charge in [0, 0.05) is 12.2 Å². The van der Waals surface area contributed by atoms with Crippen LogP contribution in [0.2, 0.25) is 0 Å². The predicted molar refractivity (Wildman–Crippen MR) is 131 cm³/mol. The Hall–Kier alpha value is -3.40. The van der Waals surface area contributed by atoms with Crippen molar-refractivity contribution in [3.05, 3.63) is 59.7 Å². The van der Waals surface area contributed by atoms with Crippen LogP contribution in [0, 0.1) is 5.92 Å². The van der Waals surface area contributed by atoms with E-state index in [2.05, 4.69) is 10.6 Å². The molecule has 2 atom stereocenters. The van der Waals surface area contributed by atoms with Gasteiger partial charge in [0.25, 0.3) is 0 Å². The van der Waals surface area contributed by atoms with Crippen molar-refractivity contribution in [2.24, 2.45) is 5.92 Å². The van der Waals surface area contributed by atoms with E-state index >= 15 is 0 Å². The minimum atomic E-state index is -3.41. The Balaban J connectivity index is 1.64. The smallest absolute Gasteiger partial charge is 0.407 e. The Morgan fingerprint density at radius 3 is 2.00 bits per heavy atom. The number of carbonyl (C=O) groups is 3. The van der Waals surface area contributed by atoms with Crippen LogP contribution in [0.1, 0.15) is 37.3 Å². The van der Waals surface area contributed by atoms with Gasteiger partial charge in [-0.25, -0.2) is 18.0 Å². The molecule has 3 N–H and O–H groups in total. The van der Waals surface area contributed by atoms with E-state index in [1.807, 2.05) is 48.5 Å². The monoisotopic (exact) mass is 502 g/mol. The molecule has 0 fully saturated rings. The summed E-state index contributed by atoms with van der Waals surface area (Å²) in [5, 5.41) is 14.2. The van der Waals surface area contributed by atoms with Gasteiger partial charge in [-0.05, 0) is 34.6 Å². The number of rotatable bonds is 10. The number of carboxylic acid groups (broad SMARTS) is 1. The Bertz CT molecular complexity index is 1160. The zero-order chi connectivity index (χ0) is 25.8. The standard InChI is InChI=1S/C25H30N2O7S/c1-15(2)22(23(28)26-21(24(29)30)12-13-35(3,32)33)27-25(31)34-14-20-18-10-6-4-8-16(18)17-9-5-7-11-19(17)20/h4-11,15,20-22H,12-14H2,1-3H3,(H,26,28)(H,27,31)(H,29,30)/t21?,22-/m0/s1. The number of benzene rings is 2. The molecule has 3 rings (SSSR count). The number of alkyl carbamates (subject to hydrolysis) is 1. The summed E-state index contributed by atoms with van der Waals surface area (Å²) in [5.41, 5.74) is 4.28. The van der Waals surface area contributed by atoms with Crippen LogP contribution in [0.5, 0.6) is 0 Å². The van der Waals surface area contributed by atoms with Gasteiger partial charge in [-0.2, -0.15) is 0 Å². The van der Waals surface area contributed by atoms with Crippen LogP contribution in [0.25, 0.3) is 11.1 Å². The van der Waals surface area contributed by atoms with Crippen molar-refractivity contribution >= 4 is 27.8 Å². The molecule has 0 saturated carbocycles. The van der Waals surface area contributed by atoms with Crippen LogP contribution in [0.4, 0.5) is 4.79 Å². The number of ether oxygens (including phenoxy) is 1. The molecule has 35 heavy (non-hydrogen) atoms. The number of nitrogens with one attached hydrogen (secondary N) is 2. The number of hydrogen-bond donors (Lipinski definition) is 3. The van der Waals surface area contributed by atoms with Gasteiger partial charge in [0.2, 0.25) is 5.91 Å². The summed E-state index contributed by atoms with van der Waals surface area (Å²) < 4.78 is 28.3. The van der Waals surface area contributed by atoms with Gasteiger partial charge < -0.3 is 20.5 Å². The molecule has 0 aromatic heterocycles. The first kappa shape index (κ1) is 26.2. The minimum Gasteiger partial charge on any atom is -0.480 e. The van der Waals surface area contributed by atoms with Gasteiger partial charge in [0.1, 0.15) is 28.5 Å². The Morgan fingerprint density at radius 2 is 1.51 bits per heavy atom. The molecular weight excluding hydrogens is 472 g/mol. The van der Waals surface area contributed by atoms with Gasteiger partial charge in [-0.3, -0.25) is 4.79 Å². The van der Waals surface area contributed by atoms with Crippen LogP contribution in [-0.4, -0.2) is 62.2 Å². The second-order valence-electron chi connectivity index (χ2n) is 9.01. The highest BCUT2D eigenvalue weighted by molar-refractivity contribution is 7.90. The summed E-state index contributed by atoms with van der Waals surface area (Å²) in [5.74, 6) is -3.00. The van der Waals surface area contributed by atoms with Crippen molar-refractivity contribution < 1.29 is 32.6 Å². The van der Waals surface area contributed by atoms with Crippen LogP contribution in [-0.2, 0) is 24.2 Å². The maximum Gasteiger partial charge on any atom is 0.407 e. The van der Waals surface area contributed by atoms with Crippen LogP contribution < -0.4 is 10.6 Å². The topological polar surface area (TPSA) is 139 Å². The maximum absolute atomic E-state index is 12.8. The number of fused-ring (bicyclic) bond motifs is 3. The molecule has 2 aromatic carbocycles. The molecule has 0 bridgehead atoms. The van der Waals surface area contributed by atoms with Gasteiger partial charge in [-0.1, -0.05) is 62.4 Å². The van der Waals surface area contributed by atoms with Crippen molar-refractivity contribution in [3.8, 4) is 11.1 Å². The zero-order valence-corrected chi connectivity index (χ0v) is 20.7. The second kappa shape index (κ2) is 10.9. The third-order valence-corrected chi connectivity index (χ3v) is 6.94. The number of carboxylic acids is 1. The third-order valence-electron chi connectivity index (χ3n) is 5.96. The van der Waals surface area contributed by atoms with E-state index in [-0.39, 0.29) is 24.9 Å². The van der Waals surface area contributed by atoms with Crippen LogP contribution >= 0.6 is 0 Å². The highest BCUT2D eigenvalue weighted by Gasteiger charge is 2.32. The molecule has 0 heterocycles. The highest BCUT2D eigenvalue weighted by atomic mass is 32.2. The van der Waals surface area contributed by atoms with Gasteiger partial charge in [0.15, 0.2) is 0 Å². The number of carbonyl (C=O) groups excluding carboxylic acids is 2. The summed E-state index contributed by atoms with van der Waals surface area (Å²) in [6.07, 6.45) is -0.0947. The molecule has 0 radical (unpaired) electrons. The molecule has 1 aliphatic rings. The molecule has 1 aliphatic carbocycles. The largest absolute Gasteiger partial charge is 0.480 e. The van der Waals surface area contributed by atoms with E-state index in [1.54, 1.807) is 13.8 Å². The Labute approximate surface area is 204 Å². The number of sulfone groups is 1. The van der Waals surface area contributed by atoms with Crippen molar-refractivity contribution in [2.45, 2.75) is 38.3 Å². The Kier molecular flexibility index (Phi) is 8.16.